The first kappa shape index (κ1) is 16.6. The van der Waals surface area contributed by atoms with Gasteiger partial charge in [-0.05, 0) is 44.6 Å². The predicted molar refractivity (Wildman–Crippen MR) is 81.4 cm³/mol. The number of benzene rings is 1. The zero-order valence-corrected chi connectivity index (χ0v) is 12.3. The van der Waals surface area contributed by atoms with Gasteiger partial charge >= 0.3 is 0 Å². The van der Waals surface area contributed by atoms with Gasteiger partial charge in [0.1, 0.15) is 0 Å². The number of nitrogens with two attached hydrogens (primary N) is 1. The number of nitrogens with one attached hydrogen (secondary N) is 1. The van der Waals surface area contributed by atoms with Crippen molar-refractivity contribution in [1.29, 1.82) is 0 Å². The van der Waals surface area contributed by atoms with E-state index in [-0.39, 0.29) is 18.6 Å². The lowest BCUT2D eigenvalue weighted by molar-refractivity contribution is -0.116. The predicted octanol–water partition coefficient (Wildman–Crippen LogP) is 1.18. The maximum Gasteiger partial charge on any atom is 0.224 e. The molecule has 0 saturated heterocycles. The third kappa shape index (κ3) is 5.69. The minimum Gasteiger partial charge on any atom is -0.395 e. The van der Waals surface area contributed by atoms with Crippen molar-refractivity contribution in [3.63, 3.8) is 0 Å². The molecule has 0 aliphatic carbocycles. The number of aliphatic hydroxyl groups excluding tert-OH is 1. The third-order valence-electron chi connectivity index (χ3n) is 3.40. The van der Waals surface area contributed by atoms with Crippen molar-refractivity contribution >= 4 is 11.6 Å². The van der Waals surface area contributed by atoms with E-state index in [1.165, 1.54) is 0 Å². The van der Waals surface area contributed by atoms with Crippen LogP contribution in [0.5, 0.6) is 0 Å². The van der Waals surface area contributed by atoms with Crippen molar-refractivity contribution in [3.8, 4) is 0 Å². The number of amides is 1. The number of anilines is 1. The highest BCUT2D eigenvalue weighted by Gasteiger charge is 2.08. The van der Waals surface area contributed by atoms with E-state index < -0.39 is 0 Å². The summed E-state index contributed by atoms with van der Waals surface area (Å²) in [7, 11) is 1.95. The van der Waals surface area contributed by atoms with Gasteiger partial charge in [0.05, 0.1) is 6.61 Å². The van der Waals surface area contributed by atoms with E-state index in [2.05, 4.69) is 5.32 Å². The van der Waals surface area contributed by atoms with Crippen LogP contribution in [0.2, 0.25) is 0 Å². The van der Waals surface area contributed by atoms with Crippen molar-refractivity contribution in [2.75, 3.05) is 25.5 Å². The topological polar surface area (TPSA) is 78.6 Å². The lowest BCUT2D eigenvalue weighted by Gasteiger charge is -2.22. The highest BCUT2D eigenvalue weighted by atomic mass is 16.3. The summed E-state index contributed by atoms with van der Waals surface area (Å²) >= 11 is 0. The van der Waals surface area contributed by atoms with Crippen LogP contribution < -0.4 is 11.1 Å². The summed E-state index contributed by atoms with van der Waals surface area (Å²) in [4.78, 5) is 13.8. The SMILES string of the molecule is CC(CO)N(C)CCCC(=O)Nc1ccc(CN)cc1. The van der Waals surface area contributed by atoms with Crippen LogP contribution in [0.1, 0.15) is 25.3 Å². The monoisotopic (exact) mass is 279 g/mol. The second kappa shape index (κ2) is 8.68. The number of aliphatic hydroxyl groups is 1. The Morgan fingerprint density at radius 1 is 1.40 bits per heavy atom. The number of hydrogen-bond acceptors (Lipinski definition) is 4. The van der Waals surface area contributed by atoms with Gasteiger partial charge in [-0.1, -0.05) is 12.1 Å². The molecule has 0 bridgehead atoms. The van der Waals surface area contributed by atoms with E-state index in [1.807, 2.05) is 43.1 Å². The summed E-state index contributed by atoms with van der Waals surface area (Å²) in [5.41, 5.74) is 7.36. The van der Waals surface area contributed by atoms with E-state index in [1.54, 1.807) is 0 Å². The van der Waals surface area contributed by atoms with Crippen LogP contribution in [0.3, 0.4) is 0 Å². The Labute approximate surface area is 120 Å². The molecule has 1 unspecified atom stereocenters. The van der Waals surface area contributed by atoms with Gasteiger partial charge in [0.2, 0.25) is 5.91 Å². The molecule has 0 fully saturated rings. The van der Waals surface area contributed by atoms with E-state index in [0.717, 1.165) is 24.2 Å². The van der Waals surface area contributed by atoms with Crippen molar-refractivity contribution in [2.24, 2.45) is 5.73 Å². The summed E-state index contributed by atoms with van der Waals surface area (Å²) < 4.78 is 0. The minimum atomic E-state index is 0.00977. The van der Waals surface area contributed by atoms with Gasteiger partial charge in [-0.3, -0.25) is 4.79 Å². The van der Waals surface area contributed by atoms with Gasteiger partial charge in [0, 0.05) is 24.7 Å². The van der Waals surface area contributed by atoms with E-state index >= 15 is 0 Å². The van der Waals surface area contributed by atoms with Crippen LogP contribution in [0.4, 0.5) is 5.69 Å². The smallest absolute Gasteiger partial charge is 0.224 e. The van der Waals surface area contributed by atoms with Crippen molar-refractivity contribution < 1.29 is 9.90 Å². The quantitative estimate of drug-likeness (QED) is 0.667. The van der Waals surface area contributed by atoms with Crippen molar-refractivity contribution in [3.05, 3.63) is 29.8 Å². The number of rotatable bonds is 8. The Morgan fingerprint density at radius 3 is 2.60 bits per heavy atom. The lowest BCUT2D eigenvalue weighted by atomic mass is 10.2. The molecule has 5 nitrogen and oxygen atoms in total. The van der Waals surface area contributed by atoms with Crippen LogP contribution >= 0.6 is 0 Å². The zero-order chi connectivity index (χ0) is 15.0. The second-order valence-electron chi connectivity index (χ2n) is 5.06. The highest BCUT2D eigenvalue weighted by Crippen LogP contribution is 2.10. The minimum absolute atomic E-state index is 0.00977. The Balaban J connectivity index is 2.29. The maximum absolute atomic E-state index is 11.8. The fraction of sp³-hybridized carbons (Fsp3) is 0.533. The molecule has 1 aromatic rings. The van der Waals surface area contributed by atoms with Gasteiger partial charge in [-0.2, -0.15) is 0 Å². The summed E-state index contributed by atoms with van der Waals surface area (Å²) in [6.07, 6.45) is 1.24. The molecule has 0 saturated carbocycles. The third-order valence-corrected chi connectivity index (χ3v) is 3.40. The lowest BCUT2D eigenvalue weighted by Crippen LogP contribution is -2.33. The van der Waals surface area contributed by atoms with Crippen LogP contribution in [-0.4, -0.2) is 42.2 Å². The van der Waals surface area contributed by atoms with Crippen LogP contribution in [0.15, 0.2) is 24.3 Å². The molecule has 5 heteroatoms. The zero-order valence-electron chi connectivity index (χ0n) is 12.3. The number of carbonyl (C=O) groups excluding carboxylic acids is 1. The summed E-state index contributed by atoms with van der Waals surface area (Å²) in [6, 6.07) is 7.67. The average molecular weight is 279 g/mol. The molecule has 4 N–H and O–H groups in total. The van der Waals surface area contributed by atoms with Crippen LogP contribution in [0.25, 0.3) is 0 Å². The summed E-state index contributed by atoms with van der Waals surface area (Å²) in [5.74, 6) is 0.00977. The highest BCUT2D eigenvalue weighted by molar-refractivity contribution is 5.90. The number of hydrogen-bond donors (Lipinski definition) is 3. The van der Waals surface area contributed by atoms with Crippen molar-refractivity contribution in [1.82, 2.24) is 4.90 Å². The molecule has 0 heterocycles. The molecule has 0 aliphatic heterocycles. The van der Waals surface area contributed by atoms with Gasteiger partial charge in [0.25, 0.3) is 0 Å². The molecule has 1 atom stereocenters. The van der Waals surface area contributed by atoms with E-state index in [0.29, 0.717) is 13.0 Å². The molecule has 1 rings (SSSR count). The molecule has 0 spiro atoms. The first-order valence-electron chi connectivity index (χ1n) is 6.96. The van der Waals surface area contributed by atoms with Gasteiger partial charge < -0.3 is 21.1 Å². The molecule has 0 aromatic heterocycles. The number of nitrogens with zero attached hydrogens (tertiary/aromatic N) is 1. The molecular formula is C15H25N3O2. The fourth-order valence-electron chi connectivity index (χ4n) is 1.80. The van der Waals surface area contributed by atoms with Gasteiger partial charge in [0.15, 0.2) is 0 Å². The Kier molecular flexibility index (Phi) is 7.22. The van der Waals surface area contributed by atoms with Crippen LogP contribution in [-0.2, 0) is 11.3 Å². The molecule has 112 valence electrons. The van der Waals surface area contributed by atoms with E-state index in [9.17, 15) is 4.79 Å². The molecule has 0 aliphatic rings. The summed E-state index contributed by atoms with van der Waals surface area (Å²) in [6.45, 7) is 3.39. The van der Waals surface area contributed by atoms with Crippen molar-refractivity contribution in [2.45, 2.75) is 32.4 Å². The molecule has 1 aromatic carbocycles. The largest absolute Gasteiger partial charge is 0.395 e. The second-order valence-corrected chi connectivity index (χ2v) is 5.06. The molecule has 20 heavy (non-hydrogen) atoms. The Morgan fingerprint density at radius 2 is 2.05 bits per heavy atom. The van der Waals surface area contributed by atoms with Crippen LogP contribution in [0, 0.1) is 0 Å². The molecule has 1 amide bonds. The maximum atomic E-state index is 11.8. The first-order valence-corrected chi connectivity index (χ1v) is 6.96. The normalized spacial score (nSPS) is 12.4. The molecular weight excluding hydrogens is 254 g/mol. The Bertz CT molecular complexity index is 406. The Hall–Kier alpha value is -1.43. The summed E-state index contributed by atoms with van der Waals surface area (Å²) in [5, 5.41) is 11.9. The van der Waals surface area contributed by atoms with Gasteiger partial charge in [-0.15, -0.1) is 0 Å². The number of carbonyl (C=O) groups is 1. The van der Waals surface area contributed by atoms with Gasteiger partial charge in [-0.25, -0.2) is 0 Å². The standard InChI is InChI=1S/C15H25N3O2/c1-12(11-19)18(2)9-3-4-15(20)17-14-7-5-13(10-16)6-8-14/h5-8,12,19H,3-4,9-11,16H2,1-2H3,(H,17,20). The fourth-order valence-corrected chi connectivity index (χ4v) is 1.80. The average Bonchev–Trinajstić information content (AvgIpc) is 2.47. The number of likely N-dealkylation sites (N-methyl/N-ethyl adjacent to an activating group) is 1. The first-order chi connectivity index (χ1) is 9.56. The molecule has 0 radical (unpaired) electrons. The van der Waals surface area contributed by atoms with E-state index in [4.69, 9.17) is 10.8 Å².